The summed E-state index contributed by atoms with van der Waals surface area (Å²) < 4.78 is 6.80. The number of aryl methyl sites for hydroxylation is 1. The molecule has 1 fully saturated rings. The Hall–Kier alpha value is -1.36. The molecule has 0 aliphatic carbocycles. The molecular weight excluding hydrogens is 184 g/mol. The van der Waals surface area contributed by atoms with E-state index in [-0.39, 0.29) is 11.8 Å². The van der Waals surface area contributed by atoms with Crippen molar-refractivity contribution in [2.45, 2.75) is 26.0 Å². The first kappa shape index (κ1) is 9.21. The highest BCUT2D eigenvalue weighted by atomic mass is 16.5. The van der Waals surface area contributed by atoms with Crippen LogP contribution in [0, 0.1) is 6.92 Å². The van der Waals surface area contributed by atoms with Gasteiger partial charge in [0.15, 0.2) is 0 Å². The summed E-state index contributed by atoms with van der Waals surface area (Å²) in [4.78, 5) is 24.8. The number of nitrogens with one attached hydrogen (secondary N) is 1. The van der Waals surface area contributed by atoms with Crippen LogP contribution >= 0.6 is 0 Å². The van der Waals surface area contributed by atoms with Gasteiger partial charge >= 0.3 is 5.69 Å². The minimum atomic E-state index is -0.396. The number of H-pyrrole nitrogens is 1. The average Bonchev–Trinajstić information content (AvgIpc) is 2.64. The highest BCUT2D eigenvalue weighted by Gasteiger charge is 2.18. The minimum Gasteiger partial charge on any atom is -0.358 e. The summed E-state index contributed by atoms with van der Waals surface area (Å²) in [6.07, 6.45) is 3.12. The van der Waals surface area contributed by atoms with E-state index in [1.807, 2.05) is 0 Å². The molecule has 0 saturated carbocycles. The van der Waals surface area contributed by atoms with Crippen molar-refractivity contribution in [3.05, 3.63) is 32.6 Å². The smallest absolute Gasteiger partial charge is 0.330 e. The molecule has 1 aromatic heterocycles. The van der Waals surface area contributed by atoms with Crippen molar-refractivity contribution in [2.24, 2.45) is 0 Å². The molecule has 14 heavy (non-hydrogen) atoms. The lowest BCUT2D eigenvalue weighted by molar-refractivity contribution is 0.0524. The first-order valence-electron chi connectivity index (χ1n) is 4.62. The van der Waals surface area contributed by atoms with Gasteiger partial charge in [0, 0.05) is 18.4 Å². The second kappa shape index (κ2) is 3.42. The third-order valence-electron chi connectivity index (χ3n) is 2.36. The highest BCUT2D eigenvalue weighted by molar-refractivity contribution is 5.01. The van der Waals surface area contributed by atoms with Crippen molar-refractivity contribution >= 4 is 0 Å². The van der Waals surface area contributed by atoms with Crippen LogP contribution in [-0.4, -0.2) is 16.2 Å². The summed E-state index contributed by atoms with van der Waals surface area (Å²) in [5, 5.41) is 0. The molecule has 1 atom stereocenters. The van der Waals surface area contributed by atoms with Gasteiger partial charge in [0.05, 0.1) is 0 Å². The monoisotopic (exact) mass is 196 g/mol. The average molecular weight is 196 g/mol. The Balaban J connectivity index is 2.47. The molecule has 0 spiro atoms. The van der Waals surface area contributed by atoms with Crippen LogP contribution in [0.15, 0.2) is 15.8 Å². The number of aromatic amines is 1. The standard InChI is InChI=1S/C9H12N2O3/c1-6-5-11(7-3-2-4-14-7)9(13)10-8(6)12/h5,7H,2-4H2,1H3,(H,10,12,13). The van der Waals surface area contributed by atoms with Crippen molar-refractivity contribution in [1.29, 1.82) is 0 Å². The van der Waals surface area contributed by atoms with E-state index in [1.54, 1.807) is 13.1 Å². The molecule has 1 aliphatic heterocycles. The fourth-order valence-electron chi connectivity index (χ4n) is 1.58. The maximum absolute atomic E-state index is 11.4. The van der Waals surface area contributed by atoms with Crippen LogP contribution in [0.4, 0.5) is 0 Å². The molecule has 0 bridgehead atoms. The first-order valence-corrected chi connectivity index (χ1v) is 4.62. The topological polar surface area (TPSA) is 64.1 Å². The molecule has 1 aliphatic rings. The summed E-state index contributed by atoms with van der Waals surface area (Å²) in [6, 6.07) is 0. The van der Waals surface area contributed by atoms with E-state index in [4.69, 9.17) is 4.74 Å². The van der Waals surface area contributed by atoms with Crippen LogP contribution in [-0.2, 0) is 4.74 Å². The predicted octanol–water partition coefficient (Wildman–Crippen LogP) is 0.154. The SMILES string of the molecule is Cc1cn(C2CCCO2)c(=O)[nH]c1=O. The Labute approximate surface area is 80.3 Å². The van der Waals surface area contributed by atoms with Gasteiger partial charge in [-0.2, -0.15) is 0 Å². The Kier molecular flexibility index (Phi) is 2.25. The van der Waals surface area contributed by atoms with Gasteiger partial charge in [-0.05, 0) is 19.8 Å². The van der Waals surface area contributed by atoms with Gasteiger partial charge in [-0.3, -0.25) is 14.3 Å². The summed E-state index contributed by atoms with van der Waals surface area (Å²) in [5.74, 6) is 0. The zero-order valence-electron chi connectivity index (χ0n) is 7.95. The highest BCUT2D eigenvalue weighted by Crippen LogP contribution is 2.20. The normalized spacial score (nSPS) is 21.4. The van der Waals surface area contributed by atoms with E-state index < -0.39 is 5.69 Å². The fraction of sp³-hybridized carbons (Fsp3) is 0.556. The molecule has 5 nitrogen and oxygen atoms in total. The van der Waals surface area contributed by atoms with Crippen molar-refractivity contribution in [3.8, 4) is 0 Å². The minimum absolute atomic E-state index is 0.210. The maximum atomic E-state index is 11.4. The van der Waals surface area contributed by atoms with E-state index in [1.165, 1.54) is 4.57 Å². The van der Waals surface area contributed by atoms with Crippen LogP contribution in [0.3, 0.4) is 0 Å². The van der Waals surface area contributed by atoms with Gasteiger partial charge in [-0.25, -0.2) is 4.79 Å². The fourth-order valence-corrected chi connectivity index (χ4v) is 1.58. The largest absolute Gasteiger partial charge is 0.358 e. The molecule has 0 radical (unpaired) electrons. The Morgan fingerprint density at radius 3 is 3.00 bits per heavy atom. The Morgan fingerprint density at radius 2 is 2.36 bits per heavy atom. The zero-order chi connectivity index (χ0) is 10.1. The number of ether oxygens (including phenoxy) is 1. The van der Waals surface area contributed by atoms with Crippen molar-refractivity contribution in [1.82, 2.24) is 9.55 Å². The van der Waals surface area contributed by atoms with Crippen LogP contribution in [0.25, 0.3) is 0 Å². The number of rotatable bonds is 1. The summed E-state index contributed by atoms with van der Waals surface area (Å²) in [6.45, 7) is 2.35. The summed E-state index contributed by atoms with van der Waals surface area (Å²) in [7, 11) is 0. The Bertz CT molecular complexity index is 440. The Morgan fingerprint density at radius 1 is 1.57 bits per heavy atom. The van der Waals surface area contributed by atoms with Gasteiger partial charge in [-0.15, -0.1) is 0 Å². The molecular formula is C9H12N2O3. The lowest BCUT2D eigenvalue weighted by Gasteiger charge is -2.12. The molecule has 1 unspecified atom stereocenters. The van der Waals surface area contributed by atoms with Gasteiger partial charge in [0.2, 0.25) is 0 Å². The molecule has 1 aromatic rings. The van der Waals surface area contributed by atoms with Gasteiger partial charge in [0.1, 0.15) is 6.23 Å². The van der Waals surface area contributed by atoms with Crippen molar-refractivity contribution in [3.63, 3.8) is 0 Å². The third-order valence-corrected chi connectivity index (χ3v) is 2.36. The second-order valence-corrected chi connectivity index (χ2v) is 3.45. The molecule has 2 rings (SSSR count). The van der Waals surface area contributed by atoms with Gasteiger partial charge < -0.3 is 4.74 Å². The van der Waals surface area contributed by atoms with E-state index >= 15 is 0 Å². The summed E-state index contributed by atoms with van der Waals surface area (Å²) >= 11 is 0. The van der Waals surface area contributed by atoms with E-state index in [2.05, 4.69) is 4.98 Å². The molecule has 2 heterocycles. The quantitative estimate of drug-likeness (QED) is 0.695. The van der Waals surface area contributed by atoms with E-state index in [0.717, 1.165) is 12.8 Å². The zero-order valence-corrected chi connectivity index (χ0v) is 7.95. The molecule has 0 amide bonds. The summed E-state index contributed by atoms with van der Waals surface area (Å²) in [5.41, 5.74) is -0.197. The van der Waals surface area contributed by atoms with Crippen molar-refractivity contribution < 1.29 is 4.74 Å². The molecule has 5 heteroatoms. The molecule has 1 saturated heterocycles. The molecule has 1 N–H and O–H groups in total. The molecule has 76 valence electrons. The van der Waals surface area contributed by atoms with Crippen LogP contribution in [0.5, 0.6) is 0 Å². The lowest BCUT2D eigenvalue weighted by Crippen LogP contribution is -2.33. The van der Waals surface area contributed by atoms with Gasteiger partial charge in [-0.1, -0.05) is 0 Å². The second-order valence-electron chi connectivity index (χ2n) is 3.45. The van der Waals surface area contributed by atoms with E-state index in [9.17, 15) is 9.59 Å². The number of nitrogens with zero attached hydrogens (tertiary/aromatic N) is 1. The van der Waals surface area contributed by atoms with Gasteiger partial charge in [0.25, 0.3) is 5.56 Å². The number of aromatic nitrogens is 2. The first-order chi connectivity index (χ1) is 6.68. The lowest BCUT2D eigenvalue weighted by atomic mass is 10.3. The third kappa shape index (κ3) is 1.50. The van der Waals surface area contributed by atoms with E-state index in [0.29, 0.717) is 12.2 Å². The van der Waals surface area contributed by atoms with Crippen LogP contribution in [0.2, 0.25) is 0 Å². The molecule has 0 aromatic carbocycles. The maximum Gasteiger partial charge on any atom is 0.330 e. The number of hydrogen-bond acceptors (Lipinski definition) is 3. The van der Waals surface area contributed by atoms with Crippen LogP contribution < -0.4 is 11.2 Å². The van der Waals surface area contributed by atoms with Crippen LogP contribution in [0.1, 0.15) is 24.6 Å². The van der Waals surface area contributed by atoms with Crippen molar-refractivity contribution in [2.75, 3.05) is 6.61 Å². The number of hydrogen-bond donors (Lipinski definition) is 1. The predicted molar refractivity (Wildman–Crippen MR) is 50.3 cm³/mol.